The van der Waals surface area contributed by atoms with Gasteiger partial charge in [-0.3, -0.25) is 4.79 Å². The van der Waals surface area contributed by atoms with E-state index in [1.807, 2.05) is 0 Å². The third-order valence-corrected chi connectivity index (χ3v) is 3.88. The second-order valence-electron chi connectivity index (χ2n) is 5.58. The molecule has 132 valence electrons. The van der Waals surface area contributed by atoms with E-state index >= 15 is 0 Å². The molecule has 2 N–H and O–H groups in total. The fourth-order valence-corrected chi connectivity index (χ4v) is 2.57. The quantitative estimate of drug-likeness (QED) is 0.271. The normalized spacial score (nSPS) is 30.7. The van der Waals surface area contributed by atoms with Crippen LogP contribution in [0.5, 0.6) is 0 Å². The summed E-state index contributed by atoms with van der Waals surface area (Å²) in [6.07, 6.45) is -0.429. The number of carboxylic acids is 1. The molecule has 5 atom stereocenters. The molecule has 9 nitrogen and oxygen atoms in total. The van der Waals surface area contributed by atoms with Crippen LogP contribution < -0.4 is 0 Å². The number of carbonyl (C=O) groups is 1. The Labute approximate surface area is 135 Å². The minimum absolute atomic E-state index is 0.0455. The van der Waals surface area contributed by atoms with Crippen molar-refractivity contribution in [3.05, 3.63) is 10.4 Å². The van der Waals surface area contributed by atoms with Gasteiger partial charge in [-0.2, -0.15) is 0 Å². The molecule has 0 amide bonds. The van der Waals surface area contributed by atoms with E-state index < -0.39 is 30.6 Å². The van der Waals surface area contributed by atoms with Gasteiger partial charge in [-0.15, -0.1) is 0 Å². The number of aliphatic carboxylic acids is 1. The standard InChI is InChI=1S/C14H25N3O6/c1-9-12(20)13(22-7-5-3-4-6-11(18)19)10(8-16-17-15)23-14(9)21-2/h9-10,12-14,20H,3-8H2,1-2H3,(H,18,19). The van der Waals surface area contributed by atoms with Gasteiger partial charge >= 0.3 is 5.97 Å². The topological polar surface area (TPSA) is 134 Å². The van der Waals surface area contributed by atoms with Crippen LogP contribution in [0.3, 0.4) is 0 Å². The van der Waals surface area contributed by atoms with Crippen LogP contribution in [0.15, 0.2) is 5.11 Å². The highest BCUT2D eigenvalue weighted by Crippen LogP contribution is 2.28. The van der Waals surface area contributed by atoms with Gasteiger partial charge < -0.3 is 24.4 Å². The molecule has 1 fully saturated rings. The summed E-state index contributed by atoms with van der Waals surface area (Å²) in [6.45, 7) is 2.22. The predicted molar refractivity (Wildman–Crippen MR) is 80.7 cm³/mol. The van der Waals surface area contributed by atoms with Crippen LogP contribution in [-0.4, -0.2) is 61.0 Å². The second kappa shape index (κ2) is 10.4. The number of hydrogen-bond acceptors (Lipinski definition) is 6. The van der Waals surface area contributed by atoms with Gasteiger partial charge in [0.15, 0.2) is 6.29 Å². The van der Waals surface area contributed by atoms with E-state index in [1.54, 1.807) is 6.92 Å². The van der Waals surface area contributed by atoms with Crippen LogP contribution in [0.25, 0.3) is 10.4 Å². The molecule has 0 aromatic rings. The van der Waals surface area contributed by atoms with Gasteiger partial charge in [-0.05, 0) is 18.4 Å². The molecule has 9 heteroatoms. The fraction of sp³-hybridized carbons (Fsp3) is 0.929. The van der Waals surface area contributed by atoms with Crippen LogP contribution in [0.1, 0.15) is 32.6 Å². The summed E-state index contributed by atoms with van der Waals surface area (Å²) >= 11 is 0. The van der Waals surface area contributed by atoms with E-state index in [0.29, 0.717) is 19.4 Å². The third-order valence-electron chi connectivity index (χ3n) is 3.88. The summed E-state index contributed by atoms with van der Waals surface area (Å²) in [7, 11) is 1.49. The number of rotatable bonds is 10. The molecule has 0 aliphatic carbocycles. The van der Waals surface area contributed by atoms with Gasteiger partial charge in [0.25, 0.3) is 0 Å². The summed E-state index contributed by atoms with van der Waals surface area (Å²) < 4.78 is 16.6. The van der Waals surface area contributed by atoms with Crippen molar-refractivity contribution < 1.29 is 29.2 Å². The zero-order valence-corrected chi connectivity index (χ0v) is 13.5. The summed E-state index contributed by atoms with van der Waals surface area (Å²) in [6, 6.07) is 0. The maximum Gasteiger partial charge on any atom is 0.303 e. The molecular weight excluding hydrogens is 306 g/mol. The van der Waals surface area contributed by atoms with Gasteiger partial charge in [-0.1, -0.05) is 18.5 Å². The van der Waals surface area contributed by atoms with Gasteiger partial charge in [0, 0.05) is 31.0 Å². The molecule has 0 bridgehead atoms. The van der Waals surface area contributed by atoms with Gasteiger partial charge in [0.1, 0.15) is 6.10 Å². The minimum atomic E-state index is -0.809. The number of unbranched alkanes of at least 4 members (excludes halogenated alkanes) is 2. The SMILES string of the molecule is COC1OC(CN=[N+]=[N-])C(OCCCCCC(=O)O)C(O)C1C. The zero-order chi connectivity index (χ0) is 17.2. The summed E-state index contributed by atoms with van der Waals surface area (Å²) in [4.78, 5) is 13.1. The summed E-state index contributed by atoms with van der Waals surface area (Å²) in [5.41, 5.74) is 8.46. The molecule has 1 saturated heterocycles. The van der Waals surface area contributed by atoms with Crippen molar-refractivity contribution in [1.29, 1.82) is 0 Å². The molecule has 1 heterocycles. The first kappa shape index (κ1) is 19.7. The number of nitrogens with zero attached hydrogens (tertiary/aromatic N) is 3. The first-order valence-electron chi connectivity index (χ1n) is 7.71. The highest BCUT2D eigenvalue weighted by atomic mass is 16.7. The Hall–Kier alpha value is -1.38. The molecule has 0 spiro atoms. The lowest BCUT2D eigenvalue weighted by atomic mass is 9.92. The van der Waals surface area contributed by atoms with Crippen LogP contribution in [0, 0.1) is 5.92 Å². The van der Waals surface area contributed by atoms with E-state index in [9.17, 15) is 9.90 Å². The molecule has 0 radical (unpaired) electrons. The first-order chi connectivity index (χ1) is 11.0. The van der Waals surface area contributed by atoms with Gasteiger partial charge in [0.2, 0.25) is 0 Å². The van der Waals surface area contributed by atoms with Crippen LogP contribution in [0.2, 0.25) is 0 Å². The minimum Gasteiger partial charge on any atom is -0.481 e. The van der Waals surface area contributed by atoms with Crippen molar-refractivity contribution in [2.24, 2.45) is 11.0 Å². The van der Waals surface area contributed by atoms with Crippen LogP contribution >= 0.6 is 0 Å². The number of azide groups is 1. The Kier molecular flexibility index (Phi) is 8.90. The molecule has 1 rings (SSSR count). The number of carboxylic acid groups (broad SMARTS) is 1. The molecule has 5 unspecified atom stereocenters. The molecular formula is C14H25N3O6. The second-order valence-corrected chi connectivity index (χ2v) is 5.58. The molecule has 1 aliphatic heterocycles. The highest BCUT2D eigenvalue weighted by Gasteiger charge is 2.43. The fourth-order valence-electron chi connectivity index (χ4n) is 2.57. The Morgan fingerprint density at radius 2 is 2.13 bits per heavy atom. The van der Waals surface area contributed by atoms with Gasteiger partial charge in [0.05, 0.1) is 18.8 Å². The molecule has 23 heavy (non-hydrogen) atoms. The zero-order valence-electron chi connectivity index (χ0n) is 13.5. The van der Waals surface area contributed by atoms with Crippen LogP contribution in [0.4, 0.5) is 0 Å². The van der Waals surface area contributed by atoms with E-state index in [0.717, 1.165) is 6.42 Å². The van der Waals surface area contributed by atoms with Crippen LogP contribution in [-0.2, 0) is 19.0 Å². The van der Waals surface area contributed by atoms with Crippen molar-refractivity contribution in [3.63, 3.8) is 0 Å². The lowest BCUT2D eigenvalue weighted by Gasteiger charge is -2.42. The Morgan fingerprint density at radius 1 is 1.39 bits per heavy atom. The van der Waals surface area contributed by atoms with Crippen molar-refractivity contribution in [1.82, 2.24) is 0 Å². The van der Waals surface area contributed by atoms with Crippen molar-refractivity contribution in [2.75, 3.05) is 20.3 Å². The molecule has 0 saturated carbocycles. The third kappa shape index (κ3) is 6.32. The maximum absolute atomic E-state index is 10.4. The van der Waals surface area contributed by atoms with Crippen molar-refractivity contribution in [2.45, 2.75) is 57.2 Å². The number of aliphatic hydroxyl groups is 1. The average Bonchev–Trinajstić information content (AvgIpc) is 2.53. The van der Waals surface area contributed by atoms with Crippen molar-refractivity contribution >= 4 is 5.97 Å². The van der Waals surface area contributed by atoms with Gasteiger partial charge in [-0.25, -0.2) is 0 Å². The predicted octanol–water partition coefficient (Wildman–Crippen LogP) is 1.70. The number of aliphatic hydroxyl groups excluding tert-OH is 1. The lowest BCUT2D eigenvalue weighted by molar-refractivity contribution is -0.275. The van der Waals surface area contributed by atoms with E-state index in [4.69, 9.17) is 24.8 Å². The van der Waals surface area contributed by atoms with E-state index in [1.165, 1.54) is 7.11 Å². The molecule has 0 aromatic heterocycles. The Morgan fingerprint density at radius 3 is 2.74 bits per heavy atom. The average molecular weight is 331 g/mol. The largest absolute Gasteiger partial charge is 0.481 e. The lowest BCUT2D eigenvalue weighted by Crippen LogP contribution is -2.56. The Balaban J connectivity index is 2.49. The number of methoxy groups -OCH3 is 1. The molecule has 0 aromatic carbocycles. The number of hydrogen-bond donors (Lipinski definition) is 2. The first-order valence-corrected chi connectivity index (χ1v) is 7.71. The number of ether oxygens (including phenoxy) is 3. The van der Waals surface area contributed by atoms with Crippen molar-refractivity contribution in [3.8, 4) is 0 Å². The van der Waals surface area contributed by atoms with E-state index in [-0.39, 0.29) is 18.9 Å². The summed E-state index contributed by atoms with van der Waals surface area (Å²) in [5, 5.41) is 22.5. The molecule has 1 aliphatic rings. The smallest absolute Gasteiger partial charge is 0.303 e. The Bertz CT molecular complexity index is 415. The summed E-state index contributed by atoms with van der Waals surface area (Å²) in [5.74, 6) is -1.09. The monoisotopic (exact) mass is 331 g/mol. The van der Waals surface area contributed by atoms with E-state index in [2.05, 4.69) is 10.0 Å². The maximum atomic E-state index is 10.4. The highest BCUT2D eigenvalue weighted by molar-refractivity contribution is 5.66.